The first kappa shape index (κ1) is 21.1. The molecule has 0 radical (unpaired) electrons. The molecule has 1 aliphatic heterocycles. The van der Waals surface area contributed by atoms with E-state index in [1.54, 1.807) is 0 Å². The van der Waals surface area contributed by atoms with Crippen molar-refractivity contribution in [3.8, 4) is 0 Å². The molecular weight excluding hydrogens is 403 g/mol. The van der Waals surface area contributed by atoms with E-state index >= 15 is 0 Å². The van der Waals surface area contributed by atoms with Gasteiger partial charge in [0, 0.05) is 0 Å². The molecule has 0 aromatic carbocycles. The van der Waals surface area contributed by atoms with Crippen molar-refractivity contribution in [1.82, 2.24) is 4.57 Å². The number of rotatable bonds is 2. The van der Waals surface area contributed by atoms with Gasteiger partial charge in [-0.2, -0.15) is 6.20 Å². The Balaban J connectivity index is 0.000000528. The second-order valence-electron chi connectivity index (χ2n) is 7.19. The summed E-state index contributed by atoms with van der Waals surface area (Å²) in [4.78, 5) is 0. The van der Waals surface area contributed by atoms with Gasteiger partial charge < -0.3 is 17.3 Å². The van der Waals surface area contributed by atoms with Crippen LogP contribution in [0, 0.1) is 31.1 Å². The summed E-state index contributed by atoms with van der Waals surface area (Å²) in [5.74, 6) is 2.74. The van der Waals surface area contributed by atoms with Crippen molar-refractivity contribution in [1.29, 1.82) is 0 Å². The Bertz CT molecular complexity index is 566. The summed E-state index contributed by atoms with van der Waals surface area (Å²) in [6.07, 6.45) is 23.0. The summed E-state index contributed by atoms with van der Waals surface area (Å²) in [7, 11) is 8.21. The van der Waals surface area contributed by atoms with E-state index in [1.807, 2.05) is 6.20 Å². The molecular formula is C19H26Cl2N2SiTi-2. The minimum atomic E-state index is -1.57. The third kappa shape index (κ3) is 4.06. The molecule has 0 saturated heterocycles. The number of allylic oxidation sites excluding steroid dienone is 8. The molecule has 25 heavy (non-hydrogen) atoms. The maximum atomic E-state index is 4.89. The van der Waals surface area contributed by atoms with Crippen molar-refractivity contribution in [2.24, 2.45) is 23.7 Å². The van der Waals surface area contributed by atoms with E-state index in [4.69, 9.17) is 18.6 Å². The van der Waals surface area contributed by atoms with Crippen LogP contribution in [0.1, 0.15) is 0 Å². The summed E-state index contributed by atoms with van der Waals surface area (Å²) in [6, 6.07) is 0. The number of fused-ring (bicyclic) bond motifs is 3. The SMILES string of the molecule is C[Si](C)(C1C2C=CC=CC2C2C=CC=CC21)N1C=C[N-]C1.[CH3-].[Cl][Ti][Cl]. The third-order valence-corrected chi connectivity index (χ3v) is 10.0. The van der Waals surface area contributed by atoms with E-state index < -0.39 is 25.3 Å². The van der Waals surface area contributed by atoms with E-state index in [1.165, 1.54) is 0 Å². The van der Waals surface area contributed by atoms with Crippen LogP contribution in [0.3, 0.4) is 0 Å². The quantitative estimate of drug-likeness (QED) is 0.376. The van der Waals surface area contributed by atoms with Crippen LogP contribution in [0.25, 0.3) is 5.32 Å². The fourth-order valence-corrected chi connectivity index (χ4v) is 8.68. The standard InChI is InChI=1S/C18H23N2Si.CH3.2ClH.Ti/c1-21(2,20-12-11-19-13-20)18-16-9-5-3-7-14(16)15-8-4-6-10-17(15)18;;;;/h3-12,14-18H,13H2,1-2H3;1H3;2*1H;/q2*-1;;;+2/p-2. The van der Waals surface area contributed by atoms with Crippen LogP contribution in [-0.2, 0) is 17.0 Å². The van der Waals surface area contributed by atoms with Gasteiger partial charge in [-0.1, -0.05) is 68.4 Å². The monoisotopic (exact) mass is 428 g/mol. The first-order valence-corrected chi connectivity index (χ1v) is 15.7. The van der Waals surface area contributed by atoms with Crippen LogP contribution in [0.4, 0.5) is 0 Å². The fourth-order valence-electron chi connectivity index (χ4n) is 4.85. The van der Waals surface area contributed by atoms with Crippen molar-refractivity contribution in [3.63, 3.8) is 0 Å². The molecule has 0 aromatic rings. The van der Waals surface area contributed by atoms with Crippen LogP contribution in [0.5, 0.6) is 0 Å². The van der Waals surface area contributed by atoms with Gasteiger partial charge >= 0.3 is 35.6 Å². The molecule has 6 heteroatoms. The summed E-state index contributed by atoms with van der Waals surface area (Å²) in [5.41, 5.74) is 0.757. The van der Waals surface area contributed by atoms with Gasteiger partial charge in [-0.3, -0.25) is 0 Å². The van der Waals surface area contributed by atoms with E-state index in [9.17, 15) is 0 Å². The van der Waals surface area contributed by atoms with Crippen LogP contribution in [0.2, 0.25) is 18.6 Å². The molecule has 4 atom stereocenters. The van der Waals surface area contributed by atoms with Gasteiger partial charge in [0.05, 0.1) is 0 Å². The zero-order chi connectivity index (χ0) is 17.2. The second-order valence-corrected chi connectivity index (χ2v) is 14.3. The number of nitrogens with zero attached hydrogens (tertiary/aromatic N) is 2. The molecule has 1 saturated carbocycles. The molecule has 0 aromatic heterocycles. The molecule has 1 fully saturated rings. The average Bonchev–Trinajstić information content (AvgIpc) is 3.22. The van der Waals surface area contributed by atoms with Crippen molar-refractivity contribution in [2.45, 2.75) is 18.6 Å². The fraction of sp³-hybridized carbons (Fsp3) is 0.421. The summed E-state index contributed by atoms with van der Waals surface area (Å²) < 4.78 is 2.55. The van der Waals surface area contributed by atoms with Crippen LogP contribution in [-0.4, -0.2) is 19.5 Å². The third-order valence-electron chi connectivity index (χ3n) is 5.86. The van der Waals surface area contributed by atoms with Crippen molar-refractivity contribution >= 4 is 26.8 Å². The molecule has 2 nitrogen and oxygen atoms in total. The zero-order valence-electron chi connectivity index (χ0n) is 15.0. The topological polar surface area (TPSA) is 17.3 Å². The average molecular weight is 429 g/mol. The van der Waals surface area contributed by atoms with Gasteiger partial charge in [-0.25, -0.2) is 0 Å². The van der Waals surface area contributed by atoms with Crippen molar-refractivity contribution in [2.75, 3.05) is 6.67 Å². The van der Waals surface area contributed by atoms with E-state index in [0.29, 0.717) is 23.7 Å². The Labute approximate surface area is 170 Å². The second kappa shape index (κ2) is 9.14. The Morgan fingerprint density at radius 1 is 0.920 bits per heavy atom. The van der Waals surface area contributed by atoms with E-state index in [0.717, 1.165) is 12.2 Å². The van der Waals surface area contributed by atoms with Gasteiger partial charge in [0.2, 0.25) is 0 Å². The number of hydrogen-bond donors (Lipinski definition) is 0. The van der Waals surface area contributed by atoms with Gasteiger partial charge in [0.15, 0.2) is 8.24 Å². The molecule has 136 valence electrons. The summed E-state index contributed by atoms with van der Waals surface area (Å²) in [5, 5.41) is 4.43. The van der Waals surface area contributed by atoms with Crippen LogP contribution in [0.15, 0.2) is 61.0 Å². The van der Waals surface area contributed by atoms with Gasteiger partial charge in [-0.05, 0) is 35.4 Å². The Kier molecular flexibility index (Phi) is 7.72. The molecule has 4 aliphatic rings. The predicted octanol–water partition coefficient (Wildman–Crippen LogP) is 6.24. The molecule has 3 aliphatic carbocycles. The van der Waals surface area contributed by atoms with Crippen molar-refractivity contribution in [3.05, 3.63) is 73.8 Å². The number of hydrogen-bond acceptors (Lipinski definition) is 1. The van der Waals surface area contributed by atoms with Gasteiger partial charge in [-0.15, -0.1) is 0 Å². The summed E-state index contributed by atoms with van der Waals surface area (Å²) >= 11 is -0.556. The van der Waals surface area contributed by atoms with Crippen LogP contribution < -0.4 is 0 Å². The minimum absolute atomic E-state index is 0. The molecule has 1 heterocycles. The van der Waals surface area contributed by atoms with E-state index in [2.05, 4.69) is 77.8 Å². The first-order chi connectivity index (χ1) is 11.6. The molecule has 0 amide bonds. The van der Waals surface area contributed by atoms with Gasteiger partial charge in [0.25, 0.3) is 0 Å². The normalized spacial score (nSPS) is 33.8. The Hall–Kier alpha value is -0.189. The van der Waals surface area contributed by atoms with Crippen LogP contribution >= 0.6 is 18.6 Å². The molecule has 0 N–H and O–H groups in total. The zero-order valence-corrected chi connectivity index (χ0v) is 19.1. The van der Waals surface area contributed by atoms with E-state index in [-0.39, 0.29) is 7.43 Å². The Morgan fingerprint density at radius 2 is 1.36 bits per heavy atom. The van der Waals surface area contributed by atoms with Crippen molar-refractivity contribution < 1.29 is 17.0 Å². The summed E-state index contributed by atoms with van der Waals surface area (Å²) in [6.45, 7) is 5.92. The first-order valence-electron chi connectivity index (χ1n) is 8.37. The van der Waals surface area contributed by atoms with Gasteiger partial charge in [0.1, 0.15) is 0 Å². The predicted molar refractivity (Wildman–Crippen MR) is 109 cm³/mol. The molecule has 4 unspecified atom stereocenters. The maximum absolute atomic E-state index is 4.89. The number of halogens is 2. The molecule has 0 bridgehead atoms. The molecule has 4 rings (SSSR count). The molecule has 0 spiro atoms. The Morgan fingerprint density at radius 3 is 1.76 bits per heavy atom.